The Morgan fingerprint density at radius 3 is 2.17 bits per heavy atom. The third-order valence-corrected chi connectivity index (χ3v) is 1.98. The first-order valence-electron chi connectivity index (χ1n) is 3.73. The molecule has 12 heavy (non-hydrogen) atoms. The lowest BCUT2D eigenvalue weighted by Gasteiger charge is -2.26. The minimum absolute atomic E-state index is 0. The van der Waals surface area contributed by atoms with Gasteiger partial charge in [0.05, 0.1) is 12.7 Å². The Balaban J connectivity index is 0.00000121. The summed E-state index contributed by atoms with van der Waals surface area (Å²) >= 11 is 0. The number of halogens is 1. The third-order valence-electron chi connectivity index (χ3n) is 1.98. The Hall–Kier alpha value is -0.700. The van der Waals surface area contributed by atoms with Crippen molar-refractivity contribution in [2.45, 2.75) is 6.42 Å². The second-order valence-corrected chi connectivity index (χ2v) is 2.84. The normalized spacial score (nSPS) is 17.5. The second-order valence-electron chi connectivity index (χ2n) is 2.84. The van der Waals surface area contributed by atoms with Gasteiger partial charge in [-0.05, 0) is 17.9 Å². The van der Waals surface area contributed by atoms with Crippen LogP contribution in [0.2, 0.25) is 0 Å². The molecule has 1 aliphatic heterocycles. The van der Waals surface area contributed by atoms with E-state index in [1.807, 2.05) is 0 Å². The molecule has 1 heterocycles. The molecule has 1 nitrogen and oxygen atoms in total. The van der Waals surface area contributed by atoms with Gasteiger partial charge >= 0.3 is 0 Å². The van der Waals surface area contributed by atoms with Crippen LogP contribution in [-0.2, 0) is 0 Å². The van der Waals surface area contributed by atoms with Crippen LogP contribution in [0.4, 0.5) is 0 Å². The molecule has 0 aromatic rings. The first-order chi connectivity index (χ1) is 5.33. The van der Waals surface area contributed by atoms with Crippen LogP contribution in [0.15, 0.2) is 12.3 Å². The Morgan fingerprint density at radius 1 is 1.25 bits per heavy atom. The Morgan fingerprint density at radius 2 is 1.83 bits per heavy atom. The number of hydrogen-bond acceptors (Lipinski definition) is 0. The second kappa shape index (κ2) is 5.04. The molecule has 0 aromatic heterocycles. The number of quaternary nitrogens is 1. The topological polar surface area (TPSA) is 0 Å². The smallest absolute Gasteiger partial charge is 0.145 e. The maximum Gasteiger partial charge on any atom is 0.145 e. The summed E-state index contributed by atoms with van der Waals surface area (Å²) in [4.78, 5) is 0. The van der Waals surface area contributed by atoms with Crippen LogP contribution in [0, 0.1) is 24.7 Å². The summed E-state index contributed by atoms with van der Waals surface area (Å²) in [6, 6.07) is 0. The van der Waals surface area contributed by atoms with E-state index in [4.69, 9.17) is 12.8 Å². The molecule has 0 unspecified atom stereocenters. The van der Waals surface area contributed by atoms with Crippen molar-refractivity contribution in [3.05, 3.63) is 12.3 Å². The molecule has 0 radical (unpaired) electrons. The van der Waals surface area contributed by atoms with E-state index in [9.17, 15) is 0 Å². The minimum Gasteiger partial charge on any atom is -1.00 e. The molecule has 0 aliphatic carbocycles. The number of rotatable bonds is 2. The fourth-order valence-corrected chi connectivity index (χ4v) is 1.39. The van der Waals surface area contributed by atoms with Crippen LogP contribution in [0.5, 0.6) is 0 Å². The van der Waals surface area contributed by atoms with E-state index >= 15 is 0 Å². The zero-order valence-electron chi connectivity index (χ0n) is 6.96. The van der Waals surface area contributed by atoms with Crippen molar-refractivity contribution < 1.29 is 21.5 Å². The SMILES string of the molecule is C#CC[N+]1(CC#C)C=CCC1.[Br-]. The van der Waals surface area contributed by atoms with Crippen LogP contribution < -0.4 is 17.0 Å². The number of hydrogen-bond donors (Lipinski definition) is 0. The molecule has 0 fully saturated rings. The molecule has 1 rings (SSSR count). The van der Waals surface area contributed by atoms with Crippen LogP contribution in [0.1, 0.15) is 6.42 Å². The molecule has 0 saturated carbocycles. The van der Waals surface area contributed by atoms with E-state index in [2.05, 4.69) is 24.1 Å². The van der Waals surface area contributed by atoms with Crippen molar-refractivity contribution in [3.63, 3.8) is 0 Å². The predicted molar refractivity (Wildman–Crippen MR) is 46.3 cm³/mol. The van der Waals surface area contributed by atoms with E-state index in [0.29, 0.717) is 0 Å². The van der Waals surface area contributed by atoms with Crippen LogP contribution in [-0.4, -0.2) is 24.1 Å². The summed E-state index contributed by atoms with van der Waals surface area (Å²) < 4.78 is 0.785. The first kappa shape index (κ1) is 11.3. The summed E-state index contributed by atoms with van der Waals surface area (Å²) in [7, 11) is 0. The molecule has 0 saturated heterocycles. The fourth-order valence-electron chi connectivity index (χ4n) is 1.39. The molecule has 0 N–H and O–H groups in total. The number of nitrogens with zero attached hydrogens (tertiary/aromatic N) is 1. The van der Waals surface area contributed by atoms with Crippen molar-refractivity contribution in [1.82, 2.24) is 0 Å². The molecular weight excluding hydrogens is 214 g/mol. The Kier molecular flexibility index (Phi) is 4.74. The van der Waals surface area contributed by atoms with Gasteiger partial charge < -0.3 is 17.0 Å². The molecule has 1 aliphatic rings. The van der Waals surface area contributed by atoms with Crippen molar-refractivity contribution in [1.29, 1.82) is 0 Å². The lowest BCUT2D eigenvalue weighted by atomic mass is 10.4. The molecule has 0 atom stereocenters. The van der Waals surface area contributed by atoms with Crippen molar-refractivity contribution in [3.8, 4) is 24.7 Å². The first-order valence-corrected chi connectivity index (χ1v) is 3.73. The quantitative estimate of drug-likeness (QED) is 0.377. The third kappa shape index (κ3) is 2.41. The van der Waals surface area contributed by atoms with Crippen LogP contribution in [0.3, 0.4) is 0 Å². The van der Waals surface area contributed by atoms with E-state index in [1.165, 1.54) is 0 Å². The van der Waals surface area contributed by atoms with Crippen LogP contribution >= 0.6 is 0 Å². The van der Waals surface area contributed by atoms with E-state index in [1.54, 1.807) is 0 Å². The molecular formula is C10H12BrN. The van der Waals surface area contributed by atoms with Gasteiger partial charge in [0.25, 0.3) is 0 Å². The summed E-state index contributed by atoms with van der Waals surface area (Å²) in [5.41, 5.74) is 0. The van der Waals surface area contributed by atoms with Gasteiger partial charge in [-0.15, -0.1) is 12.8 Å². The van der Waals surface area contributed by atoms with Gasteiger partial charge in [-0.3, -0.25) is 4.48 Å². The fraction of sp³-hybridized carbons (Fsp3) is 0.400. The highest BCUT2D eigenvalue weighted by Gasteiger charge is 2.25. The lowest BCUT2D eigenvalue weighted by Crippen LogP contribution is -3.00. The van der Waals surface area contributed by atoms with Gasteiger partial charge in [-0.2, -0.15) is 0 Å². The van der Waals surface area contributed by atoms with Gasteiger partial charge in [0.15, 0.2) is 0 Å². The number of terminal acetylenes is 2. The van der Waals surface area contributed by atoms with Gasteiger partial charge in [0.1, 0.15) is 13.1 Å². The molecule has 0 bridgehead atoms. The minimum atomic E-state index is 0. The predicted octanol–water partition coefficient (Wildman–Crippen LogP) is -2.01. The average molecular weight is 226 g/mol. The molecule has 0 spiro atoms. The molecule has 0 amide bonds. The van der Waals surface area contributed by atoms with Gasteiger partial charge in [0.2, 0.25) is 0 Å². The van der Waals surface area contributed by atoms with E-state index in [-0.39, 0.29) is 17.0 Å². The molecule has 2 heteroatoms. The zero-order chi connectivity index (χ0) is 8.16. The highest BCUT2D eigenvalue weighted by molar-refractivity contribution is 4.94. The average Bonchev–Trinajstić information content (AvgIpc) is 2.39. The van der Waals surface area contributed by atoms with Crippen molar-refractivity contribution >= 4 is 0 Å². The summed E-state index contributed by atoms with van der Waals surface area (Å²) in [6.07, 6.45) is 15.9. The van der Waals surface area contributed by atoms with Crippen molar-refractivity contribution in [2.24, 2.45) is 0 Å². The Labute approximate surface area is 84.8 Å². The maximum absolute atomic E-state index is 5.26. The monoisotopic (exact) mass is 225 g/mol. The largest absolute Gasteiger partial charge is 1.00 e. The summed E-state index contributed by atoms with van der Waals surface area (Å²) in [6.45, 7) is 2.51. The van der Waals surface area contributed by atoms with E-state index < -0.39 is 0 Å². The Bertz CT molecular complexity index is 226. The highest BCUT2D eigenvalue weighted by Crippen LogP contribution is 2.15. The van der Waals surface area contributed by atoms with Gasteiger partial charge in [-0.25, -0.2) is 0 Å². The molecule has 0 aromatic carbocycles. The maximum atomic E-state index is 5.26. The van der Waals surface area contributed by atoms with Crippen molar-refractivity contribution in [2.75, 3.05) is 19.6 Å². The lowest BCUT2D eigenvalue weighted by molar-refractivity contribution is -0.859. The van der Waals surface area contributed by atoms with Gasteiger partial charge in [-0.1, -0.05) is 0 Å². The van der Waals surface area contributed by atoms with Crippen LogP contribution in [0.25, 0.3) is 0 Å². The van der Waals surface area contributed by atoms with E-state index in [0.717, 1.165) is 30.5 Å². The standard InChI is InChI=1S/C10H12N.BrH/c1-3-7-11(8-4-2)9-5-6-10-11;/h1-2,5,9H,6-8,10H2;1H/q+1;/p-1. The summed E-state index contributed by atoms with van der Waals surface area (Å²) in [5, 5.41) is 0. The summed E-state index contributed by atoms with van der Waals surface area (Å²) in [5.74, 6) is 5.32. The highest BCUT2D eigenvalue weighted by atomic mass is 79.9. The van der Waals surface area contributed by atoms with Gasteiger partial charge in [0, 0.05) is 6.42 Å². The molecule has 64 valence electrons. The zero-order valence-corrected chi connectivity index (χ0v) is 8.55.